The summed E-state index contributed by atoms with van der Waals surface area (Å²) in [5.41, 5.74) is 7.51. The van der Waals surface area contributed by atoms with Gasteiger partial charge in [-0.3, -0.25) is 9.59 Å². The van der Waals surface area contributed by atoms with Gasteiger partial charge in [0.1, 0.15) is 0 Å². The van der Waals surface area contributed by atoms with E-state index < -0.39 is 0 Å². The third-order valence-corrected chi connectivity index (χ3v) is 10.8. The standard InChI is InChI=1S/C38H43BrN2O2/c1-37(2)18-30-35(32(42)20-37)34(36-31(19-38(3,4)21-33(36)43)41(30)26-10-6-5-7-11-26)28-23-40(29-13-9-8-12-27(28)29)22-24-14-16-25(39)17-15-24/h8-9,12-17,23,26,34H,5-7,10-11,18-22H2,1-4H3. The SMILES string of the molecule is CC1(C)CC(=O)C2=C(C1)N(C1CCCCC1)C1=C(C(=O)CC(C)(C)C1)C2c1cn(Cc2ccc(Br)cc2)c2ccccc12. The van der Waals surface area contributed by atoms with Gasteiger partial charge in [-0.25, -0.2) is 0 Å². The van der Waals surface area contributed by atoms with Crippen molar-refractivity contribution in [2.45, 2.75) is 104 Å². The number of carbonyl (C=O) groups is 2. The quantitative estimate of drug-likeness (QED) is 0.286. The molecule has 4 aliphatic rings. The highest BCUT2D eigenvalue weighted by Crippen LogP contribution is 2.56. The summed E-state index contributed by atoms with van der Waals surface area (Å²) in [6.45, 7) is 9.70. The third-order valence-electron chi connectivity index (χ3n) is 10.3. The lowest BCUT2D eigenvalue weighted by Gasteiger charge is -2.52. The molecule has 0 N–H and O–H groups in total. The Morgan fingerprint density at radius 2 is 1.35 bits per heavy atom. The van der Waals surface area contributed by atoms with E-state index in [4.69, 9.17) is 0 Å². The van der Waals surface area contributed by atoms with Gasteiger partial charge in [0.25, 0.3) is 0 Å². The van der Waals surface area contributed by atoms with Gasteiger partial charge in [-0.1, -0.05) is 93.2 Å². The van der Waals surface area contributed by atoms with Crippen LogP contribution in [0.4, 0.5) is 0 Å². The van der Waals surface area contributed by atoms with Crippen molar-refractivity contribution in [3.8, 4) is 0 Å². The van der Waals surface area contributed by atoms with Crippen LogP contribution in [0, 0.1) is 10.8 Å². The summed E-state index contributed by atoms with van der Waals surface area (Å²) in [5, 5.41) is 1.14. The molecule has 3 aliphatic carbocycles. The Morgan fingerprint density at radius 3 is 1.95 bits per heavy atom. The zero-order valence-electron chi connectivity index (χ0n) is 26.0. The number of Topliss-reactive ketones (excluding diaryl/α,β-unsaturated/α-hetero) is 2. The number of rotatable bonds is 4. The van der Waals surface area contributed by atoms with Crippen LogP contribution in [0.25, 0.3) is 10.9 Å². The molecule has 5 heteroatoms. The number of nitrogens with zero attached hydrogens (tertiary/aromatic N) is 2. The molecule has 2 aromatic carbocycles. The van der Waals surface area contributed by atoms with Crippen molar-refractivity contribution in [2.24, 2.45) is 10.8 Å². The van der Waals surface area contributed by atoms with Crippen molar-refractivity contribution < 1.29 is 9.59 Å². The van der Waals surface area contributed by atoms with Crippen molar-refractivity contribution in [1.82, 2.24) is 9.47 Å². The number of allylic oxidation sites excluding steroid dienone is 4. The Labute approximate surface area is 264 Å². The first kappa shape index (κ1) is 28.8. The second kappa shape index (κ2) is 10.6. The fraction of sp³-hybridized carbons (Fsp3) is 0.474. The first-order valence-corrected chi connectivity index (χ1v) is 16.9. The first-order chi connectivity index (χ1) is 20.5. The number of hydrogen-bond donors (Lipinski definition) is 0. The fourth-order valence-electron chi connectivity index (χ4n) is 8.51. The van der Waals surface area contributed by atoms with Crippen LogP contribution in [-0.4, -0.2) is 27.1 Å². The van der Waals surface area contributed by atoms with Crippen LogP contribution in [0.2, 0.25) is 0 Å². The van der Waals surface area contributed by atoms with Gasteiger partial charge in [0, 0.05) is 75.5 Å². The predicted molar refractivity (Wildman–Crippen MR) is 177 cm³/mol. The van der Waals surface area contributed by atoms with E-state index in [9.17, 15) is 9.59 Å². The molecule has 0 unspecified atom stereocenters. The van der Waals surface area contributed by atoms with Crippen LogP contribution < -0.4 is 0 Å². The molecule has 7 rings (SSSR count). The summed E-state index contributed by atoms with van der Waals surface area (Å²) >= 11 is 3.57. The van der Waals surface area contributed by atoms with Gasteiger partial charge in [0.15, 0.2) is 11.6 Å². The maximum atomic E-state index is 14.4. The van der Waals surface area contributed by atoms with Crippen molar-refractivity contribution in [1.29, 1.82) is 0 Å². The highest BCUT2D eigenvalue weighted by atomic mass is 79.9. The number of ketones is 2. The lowest BCUT2D eigenvalue weighted by Crippen LogP contribution is -2.48. The van der Waals surface area contributed by atoms with Crippen molar-refractivity contribution in [3.05, 3.63) is 92.9 Å². The van der Waals surface area contributed by atoms with Crippen LogP contribution in [0.3, 0.4) is 0 Å². The lowest BCUT2D eigenvalue weighted by atomic mass is 9.63. The van der Waals surface area contributed by atoms with Crippen LogP contribution in [0.5, 0.6) is 0 Å². The normalized spacial score (nSPS) is 22.8. The van der Waals surface area contributed by atoms with Gasteiger partial charge in [-0.05, 0) is 65.8 Å². The summed E-state index contributed by atoms with van der Waals surface area (Å²) in [6, 6.07) is 17.4. The van der Waals surface area contributed by atoms with Crippen LogP contribution in [0.1, 0.15) is 103 Å². The van der Waals surface area contributed by atoms with Crippen LogP contribution in [-0.2, 0) is 16.1 Å². The molecule has 0 bridgehead atoms. The van der Waals surface area contributed by atoms with E-state index in [1.165, 1.54) is 36.2 Å². The van der Waals surface area contributed by atoms with Gasteiger partial charge in [-0.2, -0.15) is 0 Å². The molecule has 0 saturated heterocycles. The smallest absolute Gasteiger partial charge is 0.162 e. The number of aromatic nitrogens is 1. The Kier molecular flexibility index (Phi) is 7.11. The average molecular weight is 640 g/mol. The molecule has 0 amide bonds. The number of fused-ring (bicyclic) bond motifs is 1. The van der Waals surface area contributed by atoms with E-state index in [0.717, 1.165) is 64.3 Å². The molecule has 4 nitrogen and oxygen atoms in total. The summed E-state index contributed by atoms with van der Waals surface area (Å²) in [5.74, 6) is 0.144. The number of benzene rings is 2. The zero-order chi connectivity index (χ0) is 30.1. The molecule has 1 fully saturated rings. The molecule has 0 spiro atoms. The summed E-state index contributed by atoms with van der Waals surface area (Å²) < 4.78 is 3.38. The van der Waals surface area contributed by atoms with E-state index >= 15 is 0 Å². The summed E-state index contributed by atoms with van der Waals surface area (Å²) in [7, 11) is 0. The first-order valence-electron chi connectivity index (χ1n) is 16.2. The Morgan fingerprint density at radius 1 is 0.767 bits per heavy atom. The number of halogens is 1. The van der Waals surface area contributed by atoms with Crippen LogP contribution in [0.15, 0.2) is 81.7 Å². The molecular formula is C38H43BrN2O2. The van der Waals surface area contributed by atoms with Gasteiger partial charge in [0.2, 0.25) is 0 Å². The fourth-order valence-corrected chi connectivity index (χ4v) is 8.77. The summed E-state index contributed by atoms with van der Waals surface area (Å²) in [4.78, 5) is 31.4. The van der Waals surface area contributed by atoms with Gasteiger partial charge in [0.05, 0.1) is 0 Å². The monoisotopic (exact) mass is 638 g/mol. The van der Waals surface area contributed by atoms with E-state index in [-0.39, 0.29) is 28.3 Å². The molecule has 224 valence electrons. The van der Waals surface area contributed by atoms with E-state index in [0.29, 0.717) is 18.9 Å². The highest BCUT2D eigenvalue weighted by Gasteiger charge is 2.50. The van der Waals surface area contributed by atoms with Crippen molar-refractivity contribution in [3.63, 3.8) is 0 Å². The number of hydrogen-bond acceptors (Lipinski definition) is 3. The Hall–Kier alpha value is -2.92. The minimum absolute atomic E-state index is 0.102. The molecule has 1 saturated carbocycles. The zero-order valence-corrected chi connectivity index (χ0v) is 27.6. The Bertz CT molecular complexity index is 1630. The van der Waals surface area contributed by atoms with Crippen molar-refractivity contribution in [2.75, 3.05) is 0 Å². The predicted octanol–water partition coefficient (Wildman–Crippen LogP) is 9.47. The molecule has 43 heavy (non-hydrogen) atoms. The van der Waals surface area contributed by atoms with Gasteiger partial charge < -0.3 is 9.47 Å². The third kappa shape index (κ3) is 5.16. The molecular weight excluding hydrogens is 596 g/mol. The molecule has 0 atom stereocenters. The number of carbonyl (C=O) groups excluding carboxylic acids is 2. The summed E-state index contributed by atoms with van der Waals surface area (Å²) in [6.07, 6.45) is 11.0. The van der Waals surface area contributed by atoms with E-state index in [1.54, 1.807) is 0 Å². The molecule has 2 heterocycles. The molecule has 0 radical (unpaired) electrons. The second-order valence-electron chi connectivity index (χ2n) is 15.1. The maximum Gasteiger partial charge on any atom is 0.162 e. The van der Waals surface area contributed by atoms with E-state index in [1.807, 2.05) is 0 Å². The molecule has 1 aromatic heterocycles. The lowest BCUT2D eigenvalue weighted by molar-refractivity contribution is -0.119. The van der Waals surface area contributed by atoms with E-state index in [2.05, 4.69) is 108 Å². The minimum atomic E-state index is -0.312. The van der Waals surface area contributed by atoms with Crippen LogP contribution >= 0.6 is 15.9 Å². The highest BCUT2D eigenvalue weighted by molar-refractivity contribution is 9.10. The van der Waals surface area contributed by atoms with Gasteiger partial charge in [-0.15, -0.1) is 0 Å². The topological polar surface area (TPSA) is 42.3 Å². The Balaban J connectivity index is 1.47. The average Bonchev–Trinajstić information content (AvgIpc) is 3.30. The van der Waals surface area contributed by atoms with Gasteiger partial charge >= 0.3 is 0 Å². The number of para-hydroxylation sites is 1. The molecule has 3 aromatic rings. The minimum Gasteiger partial charge on any atom is -0.345 e. The largest absolute Gasteiger partial charge is 0.345 e. The van der Waals surface area contributed by atoms with Crippen molar-refractivity contribution >= 4 is 38.4 Å². The molecule has 1 aliphatic heterocycles. The second-order valence-corrected chi connectivity index (χ2v) is 16.0. The maximum absolute atomic E-state index is 14.4.